The van der Waals surface area contributed by atoms with Gasteiger partial charge in [0.05, 0.1) is 48.1 Å². The van der Waals surface area contributed by atoms with Gasteiger partial charge in [-0.1, -0.05) is 12.1 Å². The number of benzene rings is 3. The van der Waals surface area contributed by atoms with Gasteiger partial charge in [0.2, 0.25) is 23.1 Å². The summed E-state index contributed by atoms with van der Waals surface area (Å²) in [7, 11) is 4.20. The molecule has 346 valence electrons. The van der Waals surface area contributed by atoms with E-state index in [0.717, 1.165) is 9.13 Å². The Hall–Kier alpha value is -7.78. The minimum absolute atomic E-state index is 0.00692. The number of ether oxygens (including phenoxy) is 2. The number of methoxy groups -OCH3 is 1. The molecule has 7 rings (SSSR count). The Bertz CT molecular complexity index is 3220. The second-order valence-corrected chi connectivity index (χ2v) is 15.5. The number of nitrogens with two attached hydrogens (primary N) is 2. The molecule has 0 spiro atoms. The van der Waals surface area contributed by atoms with Crippen LogP contribution in [0.3, 0.4) is 0 Å². The lowest BCUT2D eigenvalue weighted by Gasteiger charge is -2.28. The third-order valence-electron chi connectivity index (χ3n) is 11.0. The van der Waals surface area contributed by atoms with E-state index in [-0.39, 0.29) is 70.0 Å². The standard InChI is InChI=1S/C44H46F4N12O6/c1-8-59-33(16-24(3)53-59)39(63)51-41-55(5)31-18-27(37(49)61)12-15-30(31)57(41)22-43(45,46)44(47,48)23-58-36-32(56(6)42(58)52-40(64)34-17-25(4)54-60(34)9-2)19-28(38(50)62)20-35(36)66-21-26-10-13-29(65-7)14-11-26/h10-20H,8-9,21-23H2,1-7H3,(H2,49,61)(H2,50,62)/b51-41+,52-42+. The minimum Gasteiger partial charge on any atom is -0.497 e. The summed E-state index contributed by atoms with van der Waals surface area (Å²) in [6.45, 7) is 3.49. The van der Waals surface area contributed by atoms with Gasteiger partial charge in [-0.05, 0) is 87.9 Å². The lowest BCUT2D eigenvalue weighted by Crippen LogP contribution is -2.49. The maximum absolute atomic E-state index is 17.0. The van der Waals surface area contributed by atoms with E-state index in [2.05, 4.69) is 20.2 Å². The lowest BCUT2D eigenvalue weighted by molar-refractivity contribution is -0.221. The fourth-order valence-corrected chi connectivity index (χ4v) is 7.63. The van der Waals surface area contributed by atoms with Gasteiger partial charge in [-0.25, -0.2) is 0 Å². The average molecular weight is 915 g/mol. The summed E-state index contributed by atoms with van der Waals surface area (Å²) in [4.78, 5) is 60.7. The van der Waals surface area contributed by atoms with E-state index in [1.807, 2.05) is 0 Å². The van der Waals surface area contributed by atoms with E-state index in [9.17, 15) is 19.2 Å². The van der Waals surface area contributed by atoms with Crippen LogP contribution >= 0.6 is 0 Å². The molecule has 0 bridgehead atoms. The van der Waals surface area contributed by atoms with Crippen molar-refractivity contribution >= 4 is 45.7 Å². The molecule has 0 aliphatic heterocycles. The number of fused-ring (bicyclic) bond motifs is 2. The van der Waals surface area contributed by atoms with E-state index in [0.29, 0.717) is 22.7 Å². The van der Waals surface area contributed by atoms with E-state index in [4.69, 9.17) is 20.9 Å². The zero-order valence-electron chi connectivity index (χ0n) is 37.0. The molecule has 66 heavy (non-hydrogen) atoms. The van der Waals surface area contributed by atoms with Crippen molar-refractivity contribution in [3.8, 4) is 11.5 Å². The number of rotatable bonds is 15. The first-order valence-electron chi connectivity index (χ1n) is 20.5. The normalized spacial score (nSPS) is 12.7. The van der Waals surface area contributed by atoms with Crippen LogP contribution in [0.2, 0.25) is 0 Å². The average Bonchev–Trinajstić information content (AvgIpc) is 4.00. The number of aryl methyl sites for hydroxylation is 6. The van der Waals surface area contributed by atoms with Gasteiger partial charge in [-0.15, -0.1) is 0 Å². The summed E-state index contributed by atoms with van der Waals surface area (Å²) in [6.07, 6.45) is 0. The van der Waals surface area contributed by atoms with Gasteiger partial charge in [-0.3, -0.25) is 28.5 Å². The molecule has 0 aliphatic rings. The van der Waals surface area contributed by atoms with Crippen LogP contribution < -0.4 is 32.2 Å². The Morgan fingerprint density at radius 3 is 1.68 bits per heavy atom. The second-order valence-electron chi connectivity index (χ2n) is 15.5. The van der Waals surface area contributed by atoms with Crippen molar-refractivity contribution in [1.29, 1.82) is 0 Å². The maximum atomic E-state index is 17.0. The van der Waals surface area contributed by atoms with Crippen molar-refractivity contribution in [3.63, 3.8) is 0 Å². The van der Waals surface area contributed by atoms with Gasteiger partial charge in [0.1, 0.15) is 35.0 Å². The Labute approximate surface area is 373 Å². The molecule has 4 N–H and O–H groups in total. The highest BCUT2D eigenvalue weighted by atomic mass is 19.3. The number of hydrogen-bond acceptors (Lipinski definition) is 8. The third-order valence-corrected chi connectivity index (χ3v) is 11.0. The van der Waals surface area contributed by atoms with Crippen LogP contribution in [0.1, 0.15) is 72.5 Å². The quantitative estimate of drug-likeness (QED) is 0.139. The first-order valence-corrected chi connectivity index (χ1v) is 20.5. The highest BCUT2D eigenvalue weighted by Gasteiger charge is 2.57. The first-order chi connectivity index (χ1) is 31.2. The van der Waals surface area contributed by atoms with Crippen molar-refractivity contribution in [2.75, 3.05) is 7.11 Å². The Kier molecular flexibility index (Phi) is 12.4. The maximum Gasteiger partial charge on any atom is 0.329 e. The number of halogens is 4. The summed E-state index contributed by atoms with van der Waals surface area (Å²) >= 11 is 0. The molecule has 0 radical (unpaired) electrons. The summed E-state index contributed by atoms with van der Waals surface area (Å²) < 4.78 is 85.9. The van der Waals surface area contributed by atoms with E-state index >= 15 is 17.6 Å². The van der Waals surface area contributed by atoms with E-state index in [1.165, 1.54) is 82.2 Å². The first kappa shape index (κ1) is 46.2. The highest BCUT2D eigenvalue weighted by molar-refractivity contribution is 5.99. The van der Waals surface area contributed by atoms with Crippen molar-refractivity contribution in [3.05, 3.63) is 117 Å². The monoisotopic (exact) mass is 914 g/mol. The minimum atomic E-state index is -4.99. The van der Waals surface area contributed by atoms with Crippen LogP contribution in [0, 0.1) is 13.8 Å². The fraction of sp³-hybridized carbons (Fsp3) is 0.318. The number of imidazole rings is 2. The molecule has 0 saturated carbocycles. The number of hydrogen-bond donors (Lipinski definition) is 2. The van der Waals surface area contributed by atoms with Gasteiger partial charge in [-0.2, -0.15) is 37.7 Å². The Balaban J connectivity index is 1.41. The van der Waals surface area contributed by atoms with Crippen molar-refractivity contribution in [2.24, 2.45) is 35.5 Å². The van der Waals surface area contributed by atoms with Crippen LogP contribution in [0.25, 0.3) is 22.1 Å². The van der Waals surface area contributed by atoms with Gasteiger partial charge >= 0.3 is 11.8 Å². The molecule has 0 atom stereocenters. The highest BCUT2D eigenvalue weighted by Crippen LogP contribution is 2.39. The van der Waals surface area contributed by atoms with Crippen LogP contribution in [0.4, 0.5) is 17.6 Å². The van der Waals surface area contributed by atoms with Gasteiger partial charge in [0.25, 0.3) is 11.8 Å². The number of alkyl halides is 4. The number of carbonyl (C=O) groups is 4. The van der Waals surface area contributed by atoms with Gasteiger partial charge in [0.15, 0.2) is 0 Å². The number of carbonyl (C=O) groups excluding carboxylic acids is 4. The molecule has 0 aliphatic carbocycles. The van der Waals surface area contributed by atoms with Crippen molar-refractivity contribution < 1.29 is 46.2 Å². The molecule has 22 heteroatoms. The van der Waals surface area contributed by atoms with E-state index in [1.54, 1.807) is 52.0 Å². The van der Waals surface area contributed by atoms with Crippen LogP contribution in [0.5, 0.6) is 11.5 Å². The summed E-state index contributed by atoms with van der Waals surface area (Å²) in [5.74, 6) is -13.2. The molecular formula is C44H46F4N12O6. The number of aromatic nitrogens is 8. The molecule has 18 nitrogen and oxygen atoms in total. The van der Waals surface area contributed by atoms with Crippen molar-refractivity contribution in [2.45, 2.75) is 72.3 Å². The predicted octanol–water partition coefficient (Wildman–Crippen LogP) is 4.56. The second kappa shape index (κ2) is 17.7. The number of primary amides is 2. The number of amides is 4. The molecule has 0 fully saturated rings. The van der Waals surface area contributed by atoms with Crippen LogP contribution in [-0.2, 0) is 46.9 Å². The zero-order valence-corrected chi connectivity index (χ0v) is 37.0. The Morgan fingerprint density at radius 2 is 1.17 bits per heavy atom. The third kappa shape index (κ3) is 8.60. The van der Waals surface area contributed by atoms with Crippen LogP contribution in [0.15, 0.2) is 76.7 Å². The Morgan fingerprint density at radius 1 is 0.667 bits per heavy atom. The fourth-order valence-electron chi connectivity index (χ4n) is 7.63. The molecule has 3 aromatic carbocycles. The predicted molar refractivity (Wildman–Crippen MR) is 231 cm³/mol. The summed E-state index contributed by atoms with van der Waals surface area (Å²) in [6, 6.07) is 15.7. The SMILES string of the molecule is CCn1nc(C)cc1C(=O)/N=c1\n(C)c2cc(C(N)=O)ccc2n1CC(F)(F)C(F)(F)Cn1/c(=N/C(=O)c2cc(C)nn2CC)n(C)c2cc(C(N)=O)cc(OCc3ccc(OC)cc3)c21. The lowest BCUT2D eigenvalue weighted by atomic mass is 10.1. The molecule has 4 aromatic heterocycles. The van der Waals surface area contributed by atoms with Crippen LogP contribution in [-0.4, -0.2) is 80.4 Å². The van der Waals surface area contributed by atoms with Gasteiger partial charge < -0.3 is 39.2 Å². The largest absolute Gasteiger partial charge is 0.497 e. The molecular weight excluding hydrogens is 869 g/mol. The van der Waals surface area contributed by atoms with Crippen molar-refractivity contribution in [1.82, 2.24) is 37.8 Å². The zero-order chi connectivity index (χ0) is 48.0. The topological polar surface area (TPSA) is 219 Å². The molecule has 0 unspecified atom stereocenters. The van der Waals surface area contributed by atoms with E-state index < -0.39 is 59.8 Å². The smallest absolute Gasteiger partial charge is 0.329 e. The molecule has 4 amide bonds. The summed E-state index contributed by atoms with van der Waals surface area (Å²) in [5.41, 5.74) is 11.4. The number of nitrogens with zero attached hydrogens (tertiary/aromatic N) is 10. The summed E-state index contributed by atoms with van der Waals surface area (Å²) in [5, 5.41) is 8.52. The molecule has 7 aromatic rings. The molecule has 4 heterocycles. The van der Waals surface area contributed by atoms with Gasteiger partial charge in [0, 0.05) is 38.3 Å². The molecule has 0 saturated heterocycles.